The molecule has 0 aliphatic carbocycles. The van der Waals surface area contributed by atoms with Gasteiger partial charge in [0.1, 0.15) is 17.3 Å². The molecule has 1 amide bonds. The molecule has 0 atom stereocenters. The summed E-state index contributed by atoms with van der Waals surface area (Å²) < 4.78 is 6.23. The Balaban J connectivity index is 1.64. The van der Waals surface area contributed by atoms with E-state index < -0.39 is 0 Å². The minimum atomic E-state index is -0.161. The first kappa shape index (κ1) is 20.2. The second-order valence-corrected chi connectivity index (χ2v) is 8.29. The van der Waals surface area contributed by atoms with Crippen LogP contribution in [0.1, 0.15) is 11.1 Å². The van der Waals surface area contributed by atoms with Gasteiger partial charge in [-0.3, -0.25) is 9.69 Å². The predicted molar refractivity (Wildman–Crippen MR) is 133 cm³/mol. The van der Waals surface area contributed by atoms with Crippen molar-refractivity contribution >= 4 is 50.2 Å². The molecule has 0 saturated carbocycles. The fourth-order valence-corrected chi connectivity index (χ4v) is 4.07. The van der Waals surface area contributed by atoms with E-state index in [0.717, 1.165) is 37.8 Å². The maximum absolute atomic E-state index is 13.5. The Kier molecular flexibility index (Phi) is 5.33. The minimum absolute atomic E-state index is 0.161. The summed E-state index contributed by atoms with van der Waals surface area (Å²) in [6.45, 7) is 0. The summed E-state index contributed by atoms with van der Waals surface area (Å²) in [7, 11) is 1.63. The summed E-state index contributed by atoms with van der Waals surface area (Å²) in [5.41, 5.74) is 2.95. The molecule has 5 heteroatoms. The smallest absolute Gasteiger partial charge is 0.282 e. The number of rotatable bonds is 4. The van der Waals surface area contributed by atoms with Crippen LogP contribution in [0.2, 0.25) is 0 Å². The van der Waals surface area contributed by atoms with Gasteiger partial charge in [-0.25, -0.2) is 4.99 Å². The first-order chi connectivity index (χ1) is 15.6. The molecule has 0 aromatic heterocycles. The molecule has 1 aliphatic rings. The number of hydrogen-bond acceptors (Lipinski definition) is 3. The molecule has 0 radical (unpaired) electrons. The van der Waals surface area contributed by atoms with Gasteiger partial charge in [-0.15, -0.1) is 0 Å². The molecule has 0 N–H and O–H groups in total. The zero-order valence-electron chi connectivity index (χ0n) is 17.3. The molecule has 0 unspecified atom stereocenters. The molecule has 0 spiro atoms. The molecule has 1 aliphatic heterocycles. The van der Waals surface area contributed by atoms with E-state index in [1.165, 1.54) is 0 Å². The first-order valence-corrected chi connectivity index (χ1v) is 11.0. The predicted octanol–water partition coefficient (Wildman–Crippen LogP) is 6.45. The number of aliphatic imine (C=N–C) groups is 1. The van der Waals surface area contributed by atoms with E-state index in [-0.39, 0.29) is 5.91 Å². The zero-order chi connectivity index (χ0) is 22.1. The lowest BCUT2D eigenvalue weighted by atomic mass is 10.0. The Morgan fingerprint density at radius 3 is 2.34 bits per heavy atom. The topological polar surface area (TPSA) is 41.9 Å². The average Bonchev–Trinajstić information content (AvgIpc) is 3.16. The third-order valence-corrected chi connectivity index (χ3v) is 5.94. The van der Waals surface area contributed by atoms with Gasteiger partial charge in [-0.2, -0.15) is 0 Å². The lowest BCUT2D eigenvalue weighted by Gasteiger charge is -2.18. The summed E-state index contributed by atoms with van der Waals surface area (Å²) in [5, 5.41) is 2.20. The molecule has 0 bridgehead atoms. The zero-order valence-corrected chi connectivity index (χ0v) is 18.9. The summed E-state index contributed by atoms with van der Waals surface area (Å²) in [6.07, 6.45) is 1.87. The van der Waals surface area contributed by atoms with Crippen LogP contribution in [0.15, 0.2) is 106 Å². The number of hydrogen-bond donors (Lipinski definition) is 0. The first-order valence-electron chi connectivity index (χ1n) is 10.2. The van der Waals surface area contributed by atoms with Crippen molar-refractivity contribution in [1.82, 2.24) is 0 Å². The SMILES string of the molecule is COc1ccc(C2=N/C(=C/c3cccc4ccccc34)C(=O)N2c2ccc(Br)cc2)cc1. The monoisotopic (exact) mass is 482 g/mol. The number of amidine groups is 1. The van der Waals surface area contributed by atoms with Crippen LogP contribution in [0.4, 0.5) is 5.69 Å². The van der Waals surface area contributed by atoms with Gasteiger partial charge in [-0.1, -0.05) is 58.4 Å². The molecule has 156 valence electrons. The number of anilines is 1. The van der Waals surface area contributed by atoms with Crippen molar-refractivity contribution in [3.63, 3.8) is 0 Å². The highest BCUT2D eigenvalue weighted by Gasteiger charge is 2.32. The Labute approximate surface area is 194 Å². The standard InChI is InChI=1S/C27H19BrN2O2/c1-32-23-15-9-19(10-16-23)26-29-25(27(31)30(26)22-13-11-21(28)12-14-22)17-20-7-4-6-18-5-2-3-8-24(18)20/h2-17H,1H3/b25-17+. The number of methoxy groups -OCH3 is 1. The second-order valence-electron chi connectivity index (χ2n) is 7.38. The summed E-state index contributed by atoms with van der Waals surface area (Å²) >= 11 is 3.47. The molecule has 4 nitrogen and oxygen atoms in total. The van der Waals surface area contributed by atoms with Crippen molar-refractivity contribution in [2.24, 2.45) is 4.99 Å². The Hall–Kier alpha value is -3.70. The Morgan fingerprint density at radius 1 is 0.875 bits per heavy atom. The average molecular weight is 483 g/mol. The van der Waals surface area contributed by atoms with Gasteiger partial charge in [-0.05, 0) is 70.9 Å². The summed E-state index contributed by atoms with van der Waals surface area (Å²) in [5.74, 6) is 1.18. The Bertz CT molecular complexity index is 1370. The lowest BCUT2D eigenvalue weighted by Crippen LogP contribution is -2.32. The van der Waals surface area contributed by atoms with Crippen LogP contribution in [-0.4, -0.2) is 18.9 Å². The molecule has 4 aromatic carbocycles. The number of halogens is 1. The van der Waals surface area contributed by atoms with Gasteiger partial charge in [0.25, 0.3) is 5.91 Å². The van der Waals surface area contributed by atoms with Crippen molar-refractivity contribution in [1.29, 1.82) is 0 Å². The molecule has 5 rings (SSSR count). The van der Waals surface area contributed by atoms with Gasteiger partial charge in [0.05, 0.1) is 12.8 Å². The lowest BCUT2D eigenvalue weighted by molar-refractivity contribution is -0.113. The number of carbonyl (C=O) groups excluding carboxylic acids is 1. The van der Waals surface area contributed by atoms with Gasteiger partial charge in [0, 0.05) is 10.0 Å². The van der Waals surface area contributed by atoms with Crippen molar-refractivity contribution in [3.8, 4) is 5.75 Å². The van der Waals surface area contributed by atoms with E-state index in [1.807, 2.05) is 78.9 Å². The van der Waals surface area contributed by atoms with Gasteiger partial charge < -0.3 is 4.74 Å². The van der Waals surface area contributed by atoms with Crippen LogP contribution < -0.4 is 9.64 Å². The quantitative estimate of drug-likeness (QED) is 0.313. The molecular weight excluding hydrogens is 464 g/mol. The maximum atomic E-state index is 13.5. The molecule has 32 heavy (non-hydrogen) atoms. The number of carbonyl (C=O) groups is 1. The Morgan fingerprint density at radius 2 is 1.59 bits per heavy atom. The van der Waals surface area contributed by atoms with E-state index >= 15 is 0 Å². The van der Waals surface area contributed by atoms with Crippen LogP contribution in [0, 0.1) is 0 Å². The van der Waals surface area contributed by atoms with Gasteiger partial charge in [0.15, 0.2) is 0 Å². The van der Waals surface area contributed by atoms with E-state index in [4.69, 9.17) is 9.73 Å². The van der Waals surface area contributed by atoms with Crippen LogP contribution in [0.25, 0.3) is 16.8 Å². The summed E-state index contributed by atoms with van der Waals surface area (Å²) in [6, 6.07) is 29.4. The third-order valence-electron chi connectivity index (χ3n) is 5.41. The summed E-state index contributed by atoms with van der Waals surface area (Å²) in [4.78, 5) is 20.0. The second kappa shape index (κ2) is 8.44. The number of nitrogens with zero attached hydrogens (tertiary/aromatic N) is 2. The molecule has 1 heterocycles. The van der Waals surface area contributed by atoms with E-state index in [0.29, 0.717) is 11.5 Å². The van der Waals surface area contributed by atoms with Crippen LogP contribution in [-0.2, 0) is 4.79 Å². The van der Waals surface area contributed by atoms with Crippen LogP contribution in [0.3, 0.4) is 0 Å². The van der Waals surface area contributed by atoms with E-state index in [1.54, 1.807) is 12.0 Å². The highest BCUT2D eigenvalue weighted by molar-refractivity contribution is 9.10. The highest BCUT2D eigenvalue weighted by atomic mass is 79.9. The van der Waals surface area contributed by atoms with E-state index in [2.05, 4.69) is 34.1 Å². The number of fused-ring (bicyclic) bond motifs is 1. The number of ether oxygens (including phenoxy) is 1. The minimum Gasteiger partial charge on any atom is -0.497 e. The normalized spacial score (nSPS) is 14.8. The van der Waals surface area contributed by atoms with Crippen molar-refractivity contribution in [2.45, 2.75) is 0 Å². The molecule has 0 saturated heterocycles. The van der Waals surface area contributed by atoms with Crippen LogP contribution in [0.5, 0.6) is 5.75 Å². The fraction of sp³-hybridized carbons (Fsp3) is 0.0370. The van der Waals surface area contributed by atoms with E-state index in [9.17, 15) is 4.79 Å². The molecular formula is C27H19BrN2O2. The van der Waals surface area contributed by atoms with Gasteiger partial charge >= 0.3 is 0 Å². The van der Waals surface area contributed by atoms with Crippen molar-refractivity contribution in [3.05, 3.63) is 112 Å². The fourth-order valence-electron chi connectivity index (χ4n) is 3.80. The largest absolute Gasteiger partial charge is 0.497 e. The van der Waals surface area contributed by atoms with Crippen molar-refractivity contribution < 1.29 is 9.53 Å². The molecule has 0 fully saturated rings. The van der Waals surface area contributed by atoms with Gasteiger partial charge in [0.2, 0.25) is 0 Å². The van der Waals surface area contributed by atoms with Crippen molar-refractivity contribution in [2.75, 3.05) is 12.0 Å². The number of amides is 1. The van der Waals surface area contributed by atoms with Crippen LogP contribution >= 0.6 is 15.9 Å². The number of benzene rings is 4. The maximum Gasteiger partial charge on any atom is 0.282 e. The molecule has 4 aromatic rings. The highest BCUT2D eigenvalue weighted by Crippen LogP contribution is 2.30. The third kappa shape index (κ3) is 3.72.